The van der Waals surface area contributed by atoms with Gasteiger partial charge in [0.05, 0.1) is 22.3 Å². The number of imidazole rings is 1. The van der Waals surface area contributed by atoms with Gasteiger partial charge in [0.25, 0.3) is 0 Å². The lowest BCUT2D eigenvalue weighted by Crippen LogP contribution is -2.19. The Morgan fingerprint density at radius 2 is 1.88 bits per heavy atom. The van der Waals surface area contributed by atoms with Gasteiger partial charge in [-0.2, -0.15) is 0 Å². The Kier molecular flexibility index (Phi) is 4.45. The van der Waals surface area contributed by atoms with E-state index in [1.165, 1.54) is 21.4 Å². The SMILES string of the molecule is Cn1c(=O)n(C)c2cc(C(=O)CSc3ncccc3C(=O)O)ccc21. The van der Waals surface area contributed by atoms with Crippen molar-refractivity contribution in [3.8, 4) is 0 Å². The molecule has 0 fully saturated rings. The number of rotatable bonds is 5. The Bertz CT molecular complexity index is 1050. The van der Waals surface area contributed by atoms with E-state index < -0.39 is 5.97 Å². The molecule has 1 aromatic carbocycles. The molecular weight excluding hydrogens is 342 g/mol. The second-order valence-electron chi connectivity index (χ2n) is 5.48. The van der Waals surface area contributed by atoms with Crippen LogP contribution in [0.1, 0.15) is 20.7 Å². The number of aryl methyl sites for hydroxylation is 2. The molecule has 0 unspecified atom stereocenters. The van der Waals surface area contributed by atoms with Gasteiger partial charge in [-0.3, -0.25) is 13.9 Å². The zero-order valence-corrected chi connectivity index (χ0v) is 14.4. The first-order chi connectivity index (χ1) is 11.9. The average molecular weight is 357 g/mol. The molecule has 25 heavy (non-hydrogen) atoms. The van der Waals surface area contributed by atoms with Gasteiger partial charge in [0.1, 0.15) is 5.03 Å². The van der Waals surface area contributed by atoms with Gasteiger partial charge < -0.3 is 5.11 Å². The lowest BCUT2D eigenvalue weighted by atomic mass is 10.1. The molecule has 0 aliphatic heterocycles. The van der Waals surface area contributed by atoms with Crippen molar-refractivity contribution in [1.29, 1.82) is 0 Å². The van der Waals surface area contributed by atoms with E-state index in [9.17, 15) is 14.4 Å². The fourth-order valence-corrected chi connectivity index (χ4v) is 3.45. The molecule has 7 nitrogen and oxygen atoms in total. The molecule has 0 saturated carbocycles. The number of aromatic carboxylic acids is 1. The Morgan fingerprint density at radius 3 is 2.60 bits per heavy atom. The van der Waals surface area contributed by atoms with E-state index >= 15 is 0 Å². The van der Waals surface area contributed by atoms with E-state index in [1.807, 2.05) is 0 Å². The highest BCUT2D eigenvalue weighted by Gasteiger charge is 2.15. The minimum absolute atomic E-state index is 0.0591. The number of carboxylic acid groups (broad SMARTS) is 1. The third kappa shape index (κ3) is 3.08. The highest BCUT2D eigenvalue weighted by molar-refractivity contribution is 8.00. The van der Waals surface area contributed by atoms with Crippen LogP contribution in [0.2, 0.25) is 0 Å². The largest absolute Gasteiger partial charge is 0.478 e. The summed E-state index contributed by atoms with van der Waals surface area (Å²) in [5.74, 6) is -1.18. The Balaban J connectivity index is 1.85. The summed E-state index contributed by atoms with van der Waals surface area (Å²) < 4.78 is 3.01. The van der Waals surface area contributed by atoms with Crippen molar-refractivity contribution in [3.63, 3.8) is 0 Å². The summed E-state index contributed by atoms with van der Waals surface area (Å²) in [6, 6.07) is 8.07. The normalized spacial score (nSPS) is 11.0. The summed E-state index contributed by atoms with van der Waals surface area (Å²) in [5, 5.41) is 9.45. The highest BCUT2D eigenvalue weighted by Crippen LogP contribution is 2.22. The van der Waals surface area contributed by atoms with Crippen LogP contribution in [0.5, 0.6) is 0 Å². The first kappa shape index (κ1) is 17.0. The predicted octanol–water partition coefficient (Wildman–Crippen LogP) is 1.95. The number of nitrogens with zero attached hydrogens (tertiary/aromatic N) is 3. The van der Waals surface area contributed by atoms with Crippen molar-refractivity contribution in [2.45, 2.75) is 5.03 Å². The zero-order valence-electron chi connectivity index (χ0n) is 13.6. The van der Waals surface area contributed by atoms with Gasteiger partial charge in [-0.1, -0.05) is 11.8 Å². The van der Waals surface area contributed by atoms with E-state index in [-0.39, 0.29) is 22.8 Å². The molecule has 2 heterocycles. The Morgan fingerprint density at radius 1 is 1.16 bits per heavy atom. The van der Waals surface area contributed by atoms with Crippen LogP contribution in [-0.2, 0) is 14.1 Å². The van der Waals surface area contributed by atoms with Crippen LogP contribution < -0.4 is 5.69 Å². The molecule has 128 valence electrons. The molecule has 0 aliphatic rings. The molecule has 0 aliphatic carbocycles. The number of carbonyl (C=O) groups excluding carboxylic acids is 1. The monoisotopic (exact) mass is 357 g/mol. The van der Waals surface area contributed by atoms with Crippen molar-refractivity contribution in [2.75, 3.05) is 5.75 Å². The topological polar surface area (TPSA) is 94.2 Å². The highest BCUT2D eigenvalue weighted by atomic mass is 32.2. The van der Waals surface area contributed by atoms with Gasteiger partial charge in [-0.05, 0) is 30.3 Å². The summed E-state index contributed by atoms with van der Waals surface area (Å²) in [6.07, 6.45) is 1.49. The minimum Gasteiger partial charge on any atom is -0.478 e. The van der Waals surface area contributed by atoms with Gasteiger partial charge in [-0.25, -0.2) is 14.6 Å². The molecule has 8 heteroatoms. The Hall–Kier alpha value is -2.87. The molecule has 0 saturated heterocycles. The molecule has 0 spiro atoms. The van der Waals surface area contributed by atoms with Crippen LogP contribution in [0.4, 0.5) is 0 Å². The number of hydrogen-bond acceptors (Lipinski definition) is 5. The predicted molar refractivity (Wildman–Crippen MR) is 94.4 cm³/mol. The fourth-order valence-electron chi connectivity index (χ4n) is 2.57. The number of Topliss-reactive ketones (excluding diaryl/α,β-unsaturated/α-hetero) is 1. The van der Waals surface area contributed by atoms with Crippen molar-refractivity contribution >= 4 is 34.5 Å². The van der Waals surface area contributed by atoms with Crippen LogP contribution in [0.15, 0.2) is 46.3 Å². The van der Waals surface area contributed by atoms with E-state index in [0.29, 0.717) is 16.1 Å². The molecular formula is C17H15N3O4S. The van der Waals surface area contributed by atoms with E-state index in [2.05, 4.69) is 4.98 Å². The summed E-state index contributed by atoms with van der Waals surface area (Å²) in [7, 11) is 3.33. The van der Waals surface area contributed by atoms with Gasteiger partial charge in [0, 0.05) is 25.9 Å². The average Bonchev–Trinajstić information content (AvgIpc) is 2.84. The van der Waals surface area contributed by atoms with Gasteiger partial charge in [0.2, 0.25) is 0 Å². The second kappa shape index (κ2) is 6.56. The number of fused-ring (bicyclic) bond motifs is 1. The maximum absolute atomic E-state index is 12.5. The summed E-state index contributed by atoms with van der Waals surface area (Å²) in [5.41, 5.74) is 1.80. The molecule has 1 N–H and O–H groups in total. The fraction of sp³-hybridized carbons (Fsp3) is 0.176. The maximum atomic E-state index is 12.5. The third-order valence-electron chi connectivity index (χ3n) is 3.94. The number of pyridine rings is 1. The quantitative estimate of drug-likeness (QED) is 0.554. The molecule has 0 bridgehead atoms. The Labute approximate surface area is 146 Å². The maximum Gasteiger partial charge on any atom is 0.338 e. The molecule has 3 aromatic rings. The smallest absolute Gasteiger partial charge is 0.338 e. The number of ketones is 1. The number of aromatic nitrogens is 3. The molecule has 0 radical (unpaired) electrons. The standard InChI is InChI=1S/C17H15N3O4S/c1-19-12-6-5-10(8-13(12)20(2)17(19)24)14(21)9-25-15-11(16(22)23)4-3-7-18-15/h3-8H,9H2,1-2H3,(H,22,23). The van der Waals surface area contributed by atoms with Crippen LogP contribution >= 0.6 is 11.8 Å². The lowest BCUT2D eigenvalue weighted by Gasteiger charge is -2.05. The summed E-state index contributed by atoms with van der Waals surface area (Å²) >= 11 is 1.08. The summed E-state index contributed by atoms with van der Waals surface area (Å²) in [4.78, 5) is 39.6. The van der Waals surface area contributed by atoms with E-state index in [4.69, 9.17) is 5.11 Å². The van der Waals surface area contributed by atoms with Gasteiger partial charge in [0.15, 0.2) is 5.78 Å². The number of hydrogen-bond donors (Lipinski definition) is 1. The molecule has 3 rings (SSSR count). The molecule has 2 aromatic heterocycles. The van der Waals surface area contributed by atoms with Gasteiger partial charge in [-0.15, -0.1) is 0 Å². The van der Waals surface area contributed by atoms with E-state index in [1.54, 1.807) is 38.4 Å². The van der Waals surface area contributed by atoms with Crippen LogP contribution in [0, 0.1) is 0 Å². The number of thioether (sulfide) groups is 1. The number of benzene rings is 1. The number of carboxylic acids is 1. The van der Waals surface area contributed by atoms with Crippen LogP contribution in [0.25, 0.3) is 11.0 Å². The van der Waals surface area contributed by atoms with Crippen molar-refractivity contribution in [2.24, 2.45) is 14.1 Å². The number of carbonyl (C=O) groups is 2. The van der Waals surface area contributed by atoms with Crippen molar-refractivity contribution < 1.29 is 14.7 Å². The second-order valence-corrected chi connectivity index (χ2v) is 6.44. The van der Waals surface area contributed by atoms with Crippen molar-refractivity contribution in [1.82, 2.24) is 14.1 Å². The van der Waals surface area contributed by atoms with Crippen molar-refractivity contribution in [3.05, 3.63) is 58.1 Å². The zero-order chi connectivity index (χ0) is 18.1. The molecule has 0 amide bonds. The van der Waals surface area contributed by atoms with Crippen LogP contribution in [0.3, 0.4) is 0 Å². The minimum atomic E-state index is -1.08. The van der Waals surface area contributed by atoms with E-state index in [0.717, 1.165) is 17.3 Å². The lowest BCUT2D eigenvalue weighted by molar-refractivity contribution is 0.0692. The van der Waals surface area contributed by atoms with Gasteiger partial charge >= 0.3 is 11.7 Å². The first-order valence-corrected chi connectivity index (χ1v) is 8.38. The van der Waals surface area contributed by atoms with Crippen LogP contribution in [-0.4, -0.2) is 36.7 Å². The summed E-state index contributed by atoms with van der Waals surface area (Å²) in [6.45, 7) is 0. The third-order valence-corrected chi connectivity index (χ3v) is 4.94. The molecule has 0 atom stereocenters. The first-order valence-electron chi connectivity index (χ1n) is 7.40.